The van der Waals surface area contributed by atoms with Gasteiger partial charge in [0.1, 0.15) is 0 Å². The summed E-state index contributed by atoms with van der Waals surface area (Å²) in [6.45, 7) is 3.75. The van der Waals surface area contributed by atoms with Crippen molar-refractivity contribution in [3.8, 4) is 0 Å². The number of hydrogen-bond acceptors (Lipinski definition) is 5. The molecule has 0 aliphatic carbocycles. The Kier molecular flexibility index (Phi) is 3.62. The van der Waals surface area contributed by atoms with Crippen LogP contribution in [0.15, 0.2) is 34.7 Å². The second kappa shape index (κ2) is 5.35. The van der Waals surface area contributed by atoms with E-state index < -0.39 is 5.97 Å². The maximum absolute atomic E-state index is 11.5. The minimum Gasteiger partial charge on any atom is -0.460 e. The lowest BCUT2D eigenvalue weighted by molar-refractivity contribution is 0.0490. The summed E-state index contributed by atoms with van der Waals surface area (Å²) in [5.41, 5.74) is 1.35. The Bertz CT molecular complexity index is 534. The highest BCUT2D eigenvalue weighted by Gasteiger charge is 2.18. The minimum absolute atomic E-state index is 0.135. The van der Waals surface area contributed by atoms with Gasteiger partial charge in [0, 0.05) is 5.69 Å². The normalized spacial score (nSPS) is 10.1. The molecule has 0 unspecified atom stereocenters. The number of rotatable bonds is 4. The Morgan fingerprint density at radius 1 is 1.39 bits per heavy atom. The molecule has 0 aliphatic rings. The molecule has 1 heterocycles. The van der Waals surface area contributed by atoms with Gasteiger partial charge in [-0.1, -0.05) is 18.2 Å². The number of oxazole rings is 1. The van der Waals surface area contributed by atoms with Crippen molar-refractivity contribution in [3.63, 3.8) is 0 Å². The number of aryl methyl sites for hydroxylation is 1. The molecule has 1 aromatic heterocycles. The predicted octanol–water partition coefficient (Wildman–Crippen LogP) is 2.90. The molecule has 94 valence electrons. The molecule has 0 saturated heterocycles. The standard InChI is InChI=1S/C13H14N2O3/c1-3-17-12(16)11-9(2)14-13(18-11)15-10-7-5-4-6-8-10/h4-8H,3H2,1-2H3,(H,14,15). The number of nitrogens with zero attached hydrogens (tertiary/aromatic N) is 1. The molecule has 0 aliphatic heterocycles. The lowest BCUT2D eigenvalue weighted by atomic mass is 10.3. The molecule has 0 fully saturated rings. The number of benzene rings is 1. The van der Waals surface area contributed by atoms with Crippen molar-refractivity contribution in [2.24, 2.45) is 0 Å². The van der Waals surface area contributed by atoms with E-state index in [2.05, 4.69) is 10.3 Å². The van der Waals surface area contributed by atoms with Crippen LogP contribution in [-0.4, -0.2) is 17.6 Å². The van der Waals surface area contributed by atoms with Gasteiger partial charge in [-0.05, 0) is 26.0 Å². The van der Waals surface area contributed by atoms with Crippen LogP contribution in [0.1, 0.15) is 23.2 Å². The molecule has 5 nitrogen and oxygen atoms in total. The third-order valence-corrected chi connectivity index (χ3v) is 2.28. The maximum atomic E-state index is 11.5. The maximum Gasteiger partial charge on any atom is 0.376 e. The predicted molar refractivity (Wildman–Crippen MR) is 66.9 cm³/mol. The molecule has 0 bridgehead atoms. The average molecular weight is 246 g/mol. The summed E-state index contributed by atoms with van der Waals surface area (Å²) in [5.74, 6) is -0.362. The molecule has 5 heteroatoms. The Labute approximate surface area is 105 Å². The first-order chi connectivity index (χ1) is 8.70. The SMILES string of the molecule is CCOC(=O)c1oc(Nc2ccccc2)nc1C. The smallest absolute Gasteiger partial charge is 0.376 e. The monoisotopic (exact) mass is 246 g/mol. The Balaban J connectivity index is 2.16. The van der Waals surface area contributed by atoms with Gasteiger partial charge in [-0.15, -0.1) is 0 Å². The molecule has 18 heavy (non-hydrogen) atoms. The molecule has 0 amide bonds. The summed E-state index contributed by atoms with van der Waals surface area (Å²) < 4.78 is 10.2. The first kappa shape index (κ1) is 12.2. The number of anilines is 2. The molecule has 0 atom stereocenters. The van der Waals surface area contributed by atoms with Crippen LogP contribution in [0.25, 0.3) is 0 Å². The Morgan fingerprint density at radius 2 is 2.11 bits per heavy atom. The molecule has 0 radical (unpaired) electrons. The largest absolute Gasteiger partial charge is 0.460 e. The van der Waals surface area contributed by atoms with Crippen LogP contribution >= 0.6 is 0 Å². The summed E-state index contributed by atoms with van der Waals surface area (Å²) in [7, 11) is 0. The topological polar surface area (TPSA) is 64.4 Å². The second-order valence-electron chi connectivity index (χ2n) is 3.65. The van der Waals surface area contributed by atoms with E-state index in [1.165, 1.54) is 0 Å². The van der Waals surface area contributed by atoms with Crippen LogP contribution in [-0.2, 0) is 4.74 Å². The fraction of sp³-hybridized carbons (Fsp3) is 0.231. The number of ether oxygens (including phenoxy) is 1. The van der Waals surface area contributed by atoms with Gasteiger partial charge in [-0.25, -0.2) is 4.79 Å². The van der Waals surface area contributed by atoms with E-state index in [0.717, 1.165) is 5.69 Å². The van der Waals surface area contributed by atoms with Crippen LogP contribution < -0.4 is 5.32 Å². The molecule has 0 saturated carbocycles. The molecular formula is C13H14N2O3. The molecule has 2 aromatic rings. The van der Waals surface area contributed by atoms with Gasteiger partial charge in [-0.2, -0.15) is 4.98 Å². The first-order valence-corrected chi connectivity index (χ1v) is 5.67. The number of esters is 1. The van der Waals surface area contributed by atoms with Crippen LogP contribution in [0.2, 0.25) is 0 Å². The Morgan fingerprint density at radius 3 is 2.78 bits per heavy atom. The van der Waals surface area contributed by atoms with E-state index >= 15 is 0 Å². The van der Waals surface area contributed by atoms with Crippen LogP contribution in [0.3, 0.4) is 0 Å². The molecule has 1 aromatic carbocycles. The fourth-order valence-electron chi connectivity index (χ4n) is 1.48. The van der Waals surface area contributed by atoms with E-state index in [0.29, 0.717) is 12.3 Å². The lowest BCUT2D eigenvalue weighted by Crippen LogP contribution is -2.04. The second-order valence-corrected chi connectivity index (χ2v) is 3.65. The zero-order chi connectivity index (χ0) is 13.0. The van der Waals surface area contributed by atoms with Gasteiger partial charge in [-0.3, -0.25) is 0 Å². The van der Waals surface area contributed by atoms with Crippen LogP contribution in [0, 0.1) is 6.92 Å². The van der Waals surface area contributed by atoms with Crippen molar-refractivity contribution in [2.75, 3.05) is 11.9 Å². The number of hydrogen-bond donors (Lipinski definition) is 1. The third kappa shape index (κ3) is 2.68. The third-order valence-electron chi connectivity index (χ3n) is 2.28. The van der Waals surface area contributed by atoms with Gasteiger partial charge in [0.2, 0.25) is 5.76 Å². The molecule has 2 rings (SSSR count). The summed E-state index contributed by atoms with van der Waals surface area (Å²) in [6.07, 6.45) is 0. The van der Waals surface area contributed by atoms with Crippen molar-refractivity contribution in [1.29, 1.82) is 0 Å². The average Bonchev–Trinajstić information content (AvgIpc) is 2.72. The van der Waals surface area contributed by atoms with E-state index in [1.54, 1.807) is 13.8 Å². The highest BCUT2D eigenvalue weighted by atomic mass is 16.5. The van der Waals surface area contributed by atoms with Crippen LogP contribution in [0.5, 0.6) is 0 Å². The lowest BCUT2D eigenvalue weighted by Gasteiger charge is -2.00. The summed E-state index contributed by atoms with van der Waals surface area (Å²) in [4.78, 5) is 15.7. The molecular weight excluding hydrogens is 232 g/mol. The quantitative estimate of drug-likeness (QED) is 0.840. The highest BCUT2D eigenvalue weighted by molar-refractivity contribution is 5.87. The number of aromatic nitrogens is 1. The number of carbonyl (C=O) groups excluding carboxylic acids is 1. The Hall–Kier alpha value is -2.30. The van der Waals surface area contributed by atoms with Gasteiger partial charge in [0.05, 0.1) is 12.3 Å². The number of para-hydroxylation sites is 1. The fourth-order valence-corrected chi connectivity index (χ4v) is 1.48. The van der Waals surface area contributed by atoms with Crippen molar-refractivity contribution in [3.05, 3.63) is 41.8 Å². The number of carbonyl (C=O) groups is 1. The van der Waals surface area contributed by atoms with Crippen molar-refractivity contribution >= 4 is 17.7 Å². The summed E-state index contributed by atoms with van der Waals surface area (Å²) in [5, 5.41) is 2.98. The van der Waals surface area contributed by atoms with Gasteiger partial charge in [0.15, 0.2) is 0 Å². The van der Waals surface area contributed by atoms with Gasteiger partial charge >= 0.3 is 5.97 Å². The summed E-state index contributed by atoms with van der Waals surface area (Å²) >= 11 is 0. The summed E-state index contributed by atoms with van der Waals surface area (Å²) in [6, 6.07) is 9.74. The van der Waals surface area contributed by atoms with Gasteiger partial charge in [0.25, 0.3) is 6.01 Å². The highest BCUT2D eigenvalue weighted by Crippen LogP contribution is 2.19. The zero-order valence-corrected chi connectivity index (χ0v) is 10.3. The van der Waals surface area contributed by atoms with E-state index in [-0.39, 0.29) is 11.8 Å². The van der Waals surface area contributed by atoms with E-state index in [1.807, 2.05) is 30.3 Å². The van der Waals surface area contributed by atoms with E-state index in [4.69, 9.17) is 9.15 Å². The van der Waals surface area contributed by atoms with Crippen molar-refractivity contribution in [2.45, 2.75) is 13.8 Å². The van der Waals surface area contributed by atoms with Crippen LogP contribution in [0.4, 0.5) is 11.7 Å². The van der Waals surface area contributed by atoms with E-state index in [9.17, 15) is 4.79 Å². The zero-order valence-electron chi connectivity index (χ0n) is 10.3. The van der Waals surface area contributed by atoms with Crippen molar-refractivity contribution in [1.82, 2.24) is 4.98 Å². The minimum atomic E-state index is -0.497. The van der Waals surface area contributed by atoms with Crippen molar-refractivity contribution < 1.29 is 13.9 Å². The first-order valence-electron chi connectivity index (χ1n) is 5.67. The number of nitrogens with one attached hydrogen (secondary N) is 1. The molecule has 1 N–H and O–H groups in total. The molecule has 0 spiro atoms. The van der Waals surface area contributed by atoms with Gasteiger partial charge < -0.3 is 14.5 Å².